The van der Waals surface area contributed by atoms with Gasteiger partial charge in [0.15, 0.2) is 0 Å². The van der Waals surface area contributed by atoms with Crippen molar-refractivity contribution in [2.24, 2.45) is 4.99 Å². The number of hydrogen-bond acceptors (Lipinski definition) is 5. The van der Waals surface area contributed by atoms with Crippen LogP contribution in [0.2, 0.25) is 0 Å². The maximum absolute atomic E-state index is 10.2. The molecule has 5 rings (SSSR count). The normalized spacial score (nSPS) is 10.5. The molecule has 0 aliphatic carbocycles. The topological polar surface area (TPSA) is 78.4 Å². The number of thiol groups is 1. The Hall–Kier alpha value is -3.16. The average Bonchev–Trinajstić information content (AvgIpc) is 3.49. The number of benzene rings is 2. The van der Waals surface area contributed by atoms with E-state index in [9.17, 15) is 4.79 Å². The number of rotatable bonds is 3. The van der Waals surface area contributed by atoms with Crippen LogP contribution in [0.4, 0.5) is 0 Å². The van der Waals surface area contributed by atoms with Crippen LogP contribution in [0.15, 0.2) is 83.3 Å². The SMILES string of the molecule is C1=NC1.CC(=N)c1cn(-c2cccs2)c2ccccc12.CS.O=C(O)c1ccccc1. The molecule has 0 spiro atoms. The van der Waals surface area contributed by atoms with E-state index < -0.39 is 5.97 Å². The first kappa shape index (κ1) is 24.1. The number of aliphatic imine (C=N–C) groups is 1. The Morgan fingerprint density at radius 2 is 1.68 bits per heavy atom. The van der Waals surface area contributed by atoms with Crippen LogP contribution >= 0.6 is 24.0 Å². The van der Waals surface area contributed by atoms with Crippen LogP contribution in [0.5, 0.6) is 0 Å². The zero-order valence-electron chi connectivity index (χ0n) is 17.4. The van der Waals surface area contributed by atoms with Crippen molar-refractivity contribution < 1.29 is 9.90 Å². The van der Waals surface area contributed by atoms with Crippen molar-refractivity contribution in [2.75, 3.05) is 12.8 Å². The molecule has 160 valence electrons. The minimum atomic E-state index is -0.879. The van der Waals surface area contributed by atoms with Gasteiger partial charge in [0.2, 0.25) is 0 Å². The molecular weight excluding hydrogens is 426 g/mol. The molecule has 1 aliphatic rings. The third-order valence-corrected chi connectivity index (χ3v) is 4.93. The Bertz CT molecular complexity index is 1130. The maximum atomic E-state index is 10.2. The molecule has 0 atom stereocenters. The Labute approximate surface area is 191 Å². The fraction of sp³-hybridized carbons (Fsp3) is 0.125. The number of carboxylic acids is 1. The van der Waals surface area contributed by atoms with Crippen LogP contribution in [0.1, 0.15) is 22.8 Å². The van der Waals surface area contributed by atoms with Gasteiger partial charge in [0.05, 0.1) is 22.6 Å². The lowest BCUT2D eigenvalue weighted by atomic mass is 10.1. The van der Waals surface area contributed by atoms with Gasteiger partial charge in [-0.1, -0.05) is 36.4 Å². The first-order valence-electron chi connectivity index (χ1n) is 9.48. The number of hydrogen-bond donors (Lipinski definition) is 3. The average molecular weight is 452 g/mol. The predicted octanol–water partition coefficient (Wildman–Crippen LogP) is 6.08. The zero-order valence-corrected chi connectivity index (χ0v) is 19.1. The van der Waals surface area contributed by atoms with Gasteiger partial charge < -0.3 is 15.1 Å². The number of nitrogens with zero attached hydrogens (tertiary/aromatic N) is 2. The van der Waals surface area contributed by atoms with Crippen molar-refractivity contribution in [1.29, 1.82) is 5.41 Å². The van der Waals surface area contributed by atoms with Crippen LogP contribution in [0.25, 0.3) is 15.9 Å². The third-order valence-electron chi connectivity index (χ3n) is 4.06. The van der Waals surface area contributed by atoms with Crippen molar-refractivity contribution >= 4 is 52.8 Å². The standard InChI is InChI=1S/C14H12N2S.C7H6O2.C2H3N.CH4S/c1-10(15)12-9-16(14-7-4-8-17-14)13-6-3-2-5-11(12)13;8-7(9)6-4-2-1-3-5-6;1-2-3-1;1-2/h2-9,15H,1H3;1-5H,(H,8,9);1H,2H2;2H,1H3. The Balaban J connectivity index is 0.000000204. The van der Waals surface area contributed by atoms with E-state index in [0.29, 0.717) is 11.3 Å². The molecule has 1 aliphatic heterocycles. The highest BCUT2D eigenvalue weighted by Gasteiger charge is 2.10. The molecule has 5 nitrogen and oxygen atoms in total. The molecule has 0 amide bonds. The smallest absolute Gasteiger partial charge is 0.335 e. The van der Waals surface area contributed by atoms with Crippen LogP contribution < -0.4 is 0 Å². The van der Waals surface area contributed by atoms with Crippen LogP contribution in [0, 0.1) is 5.41 Å². The van der Waals surface area contributed by atoms with Gasteiger partial charge in [0.25, 0.3) is 0 Å². The third kappa shape index (κ3) is 7.24. The molecule has 2 N–H and O–H groups in total. The molecule has 31 heavy (non-hydrogen) atoms. The number of carbonyl (C=O) groups is 1. The van der Waals surface area contributed by atoms with E-state index in [4.69, 9.17) is 10.5 Å². The molecule has 0 bridgehead atoms. The van der Waals surface area contributed by atoms with Crippen molar-refractivity contribution in [3.63, 3.8) is 0 Å². The molecule has 0 saturated heterocycles. The Morgan fingerprint density at radius 3 is 2.16 bits per heavy atom. The summed E-state index contributed by atoms with van der Waals surface area (Å²) in [5.74, 6) is -0.879. The lowest BCUT2D eigenvalue weighted by Gasteiger charge is -2.00. The minimum Gasteiger partial charge on any atom is -0.478 e. The van der Waals surface area contributed by atoms with Crippen LogP contribution in [-0.2, 0) is 0 Å². The van der Waals surface area contributed by atoms with Crippen molar-refractivity contribution in [3.8, 4) is 5.00 Å². The second-order valence-corrected chi connectivity index (χ2v) is 7.15. The molecule has 0 saturated carbocycles. The van der Waals surface area contributed by atoms with E-state index in [-0.39, 0.29) is 0 Å². The first-order valence-corrected chi connectivity index (χ1v) is 11.3. The summed E-state index contributed by atoms with van der Waals surface area (Å²) in [6.07, 6.45) is 5.62. The summed E-state index contributed by atoms with van der Waals surface area (Å²) >= 11 is 5.24. The maximum Gasteiger partial charge on any atom is 0.335 e. The van der Waals surface area contributed by atoms with E-state index in [0.717, 1.165) is 23.0 Å². The number of para-hydroxylation sites is 1. The van der Waals surface area contributed by atoms with Gasteiger partial charge >= 0.3 is 5.97 Å². The summed E-state index contributed by atoms with van der Waals surface area (Å²) in [5, 5.41) is 20.6. The van der Waals surface area contributed by atoms with E-state index in [1.165, 1.54) is 5.00 Å². The Morgan fingerprint density at radius 1 is 1.06 bits per heavy atom. The number of fused-ring (bicyclic) bond motifs is 1. The second-order valence-electron chi connectivity index (χ2n) is 6.23. The van der Waals surface area contributed by atoms with E-state index >= 15 is 0 Å². The molecule has 2 aromatic carbocycles. The van der Waals surface area contributed by atoms with Crippen LogP contribution in [-0.4, -0.2) is 40.4 Å². The van der Waals surface area contributed by atoms with E-state index in [1.807, 2.05) is 31.3 Å². The van der Waals surface area contributed by atoms with Crippen molar-refractivity contribution in [3.05, 3.63) is 89.4 Å². The van der Waals surface area contributed by atoms with Crippen molar-refractivity contribution in [2.45, 2.75) is 6.92 Å². The highest BCUT2D eigenvalue weighted by molar-refractivity contribution is 7.79. The predicted molar refractivity (Wildman–Crippen MR) is 135 cm³/mol. The monoisotopic (exact) mass is 451 g/mol. The number of carboxylic acid groups (broad SMARTS) is 1. The fourth-order valence-electron chi connectivity index (χ4n) is 2.65. The largest absolute Gasteiger partial charge is 0.478 e. The molecular formula is C24H25N3O2S2. The molecule has 0 unspecified atom stereocenters. The minimum absolute atomic E-state index is 0.331. The lowest BCUT2D eigenvalue weighted by Crippen LogP contribution is -1.93. The quantitative estimate of drug-likeness (QED) is 0.261. The molecule has 4 aromatic rings. The van der Waals surface area contributed by atoms with E-state index in [1.54, 1.807) is 47.9 Å². The summed E-state index contributed by atoms with van der Waals surface area (Å²) < 4.78 is 2.16. The van der Waals surface area contributed by atoms with Gasteiger partial charge in [0, 0.05) is 29.1 Å². The highest BCUT2D eigenvalue weighted by Crippen LogP contribution is 2.27. The number of aromatic carboxylic acids is 1. The summed E-state index contributed by atoms with van der Waals surface area (Å²) in [5.41, 5.74) is 3.11. The first-order chi connectivity index (χ1) is 15.1. The van der Waals surface area contributed by atoms with Crippen LogP contribution in [0.3, 0.4) is 0 Å². The zero-order chi connectivity index (χ0) is 22.6. The second kappa shape index (κ2) is 12.5. The van der Waals surface area contributed by atoms with Gasteiger partial charge in [0.1, 0.15) is 0 Å². The summed E-state index contributed by atoms with van der Waals surface area (Å²) in [4.78, 5) is 13.8. The van der Waals surface area contributed by atoms with Gasteiger partial charge in [-0.05, 0) is 48.9 Å². The number of nitrogens with one attached hydrogen (secondary N) is 1. The van der Waals surface area contributed by atoms with Gasteiger partial charge in [-0.2, -0.15) is 12.6 Å². The van der Waals surface area contributed by atoms with Gasteiger partial charge in [-0.3, -0.25) is 4.99 Å². The summed E-state index contributed by atoms with van der Waals surface area (Å²) in [6.45, 7) is 2.83. The fourth-order valence-corrected chi connectivity index (χ4v) is 3.37. The highest BCUT2D eigenvalue weighted by atomic mass is 32.1. The van der Waals surface area contributed by atoms with E-state index in [2.05, 4.69) is 52.0 Å². The molecule has 0 radical (unpaired) electrons. The molecule has 2 aromatic heterocycles. The Kier molecular flexibility index (Phi) is 9.74. The lowest BCUT2D eigenvalue weighted by molar-refractivity contribution is 0.0697. The molecule has 0 fully saturated rings. The van der Waals surface area contributed by atoms with Gasteiger partial charge in [-0.25, -0.2) is 4.79 Å². The van der Waals surface area contributed by atoms with Gasteiger partial charge in [-0.15, -0.1) is 11.3 Å². The number of aromatic nitrogens is 1. The molecule has 7 heteroatoms. The molecule has 3 heterocycles. The number of thiophene rings is 1. The summed E-state index contributed by atoms with van der Waals surface area (Å²) in [7, 11) is 0. The van der Waals surface area contributed by atoms with Crippen molar-refractivity contribution in [1.82, 2.24) is 4.57 Å². The summed E-state index contributed by atoms with van der Waals surface area (Å²) in [6, 6.07) is 20.7.